The quantitative estimate of drug-likeness (QED) is 0.896. The fraction of sp³-hybridized carbons (Fsp3) is 0.667. The molecule has 1 fully saturated rings. The fourth-order valence-electron chi connectivity index (χ4n) is 3.50. The molecule has 0 saturated heterocycles. The molecule has 0 spiro atoms. The minimum atomic E-state index is -0.0116. The molecule has 0 bridgehead atoms. The molecule has 0 aliphatic heterocycles. The van der Waals surface area contributed by atoms with Crippen molar-refractivity contribution in [2.24, 2.45) is 17.6 Å². The maximum absolute atomic E-state index is 6.33. The van der Waals surface area contributed by atoms with Gasteiger partial charge in [0.05, 0.1) is 18.8 Å². The second kappa shape index (κ2) is 6.73. The van der Waals surface area contributed by atoms with Gasteiger partial charge in [-0.05, 0) is 56.1 Å². The Balaban J connectivity index is 1.91. The number of hydrogen-bond donors (Lipinski definition) is 1. The molecule has 1 aromatic carbocycles. The SMILES string of the molecule is Cc1ccc(C)c(C(N)COC2CC(C)CC(C)C2)c1. The number of benzene rings is 1. The van der Waals surface area contributed by atoms with Gasteiger partial charge in [-0.3, -0.25) is 0 Å². The molecule has 3 unspecified atom stereocenters. The Labute approximate surface area is 123 Å². The Bertz CT molecular complexity index is 433. The molecule has 1 saturated carbocycles. The Morgan fingerprint density at radius 3 is 2.45 bits per heavy atom. The van der Waals surface area contributed by atoms with Crippen molar-refractivity contribution in [3.63, 3.8) is 0 Å². The van der Waals surface area contributed by atoms with Crippen molar-refractivity contribution in [2.75, 3.05) is 6.61 Å². The van der Waals surface area contributed by atoms with Gasteiger partial charge in [0, 0.05) is 0 Å². The lowest BCUT2D eigenvalue weighted by atomic mass is 9.82. The summed E-state index contributed by atoms with van der Waals surface area (Å²) < 4.78 is 6.11. The molecular weight excluding hydrogens is 246 g/mol. The molecule has 0 heterocycles. The van der Waals surface area contributed by atoms with Gasteiger partial charge < -0.3 is 10.5 Å². The first-order valence-electron chi connectivity index (χ1n) is 7.90. The second-order valence-electron chi connectivity index (χ2n) is 6.84. The Morgan fingerprint density at radius 1 is 1.15 bits per heavy atom. The van der Waals surface area contributed by atoms with E-state index >= 15 is 0 Å². The van der Waals surface area contributed by atoms with Crippen LogP contribution in [0.3, 0.4) is 0 Å². The highest BCUT2D eigenvalue weighted by Gasteiger charge is 2.25. The van der Waals surface area contributed by atoms with E-state index in [1.807, 2.05) is 0 Å². The molecule has 2 heteroatoms. The average molecular weight is 275 g/mol. The highest BCUT2D eigenvalue weighted by molar-refractivity contribution is 5.32. The van der Waals surface area contributed by atoms with Crippen molar-refractivity contribution in [3.05, 3.63) is 34.9 Å². The smallest absolute Gasteiger partial charge is 0.0663 e. The van der Waals surface area contributed by atoms with Crippen LogP contribution in [0.4, 0.5) is 0 Å². The number of nitrogens with two attached hydrogens (primary N) is 1. The highest BCUT2D eigenvalue weighted by Crippen LogP contribution is 2.31. The monoisotopic (exact) mass is 275 g/mol. The molecule has 20 heavy (non-hydrogen) atoms. The zero-order valence-electron chi connectivity index (χ0n) is 13.4. The molecular formula is C18H29NO. The Kier molecular flexibility index (Phi) is 5.22. The summed E-state index contributed by atoms with van der Waals surface area (Å²) in [6.07, 6.45) is 4.10. The highest BCUT2D eigenvalue weighted by atomic mass is 16.5. The van der Waals surface area contributed by atoms with Gasteiger partial charge in [0.25, 0.3) is 0 Å². The van der Waals surface area contributed by atoms with Crippen molar-refractivity contribution >= 4 is 0 Å². The average Bonchev–Trinajstić information content (AvgIpc) is 2.38. The van der Waals surface area contributed by atoms with Crippen LogP contribution in [0.5, 0.6) is 0 Å². The molecule has 0 aromatic heterocycles. The van der Waals surface area contributed by atoms with Crippen LogP contribution >= 0.6 is 0 Å². The summed E-state index contributed by atoms with van der Waals surface area (Å²) in [6.45, 7) is 9.53. The van der Waals surface area contributed by atoms with Crippen LogP contribution in [0.2, 0.25) is 0 Å². The molecule has 3 atom stereocenters. The van der Waals surface area contributed by atoms with Gasteiger partial charge in [-0.25, -0.2) is 0 Å². The molecule has 0 amide bonds. The minimum Gasteiger partial charge on any atom is -0.376 e. The van der Waals surface area contributed by atoms with Gasteiger partial charge in [0.2, 0.25) is 0 Å². The van der Waals surface area contributed by atoms with Crippen molar-refractivity contribution < 1.29 is 4.74 Å². The third kappa shape index (κ3) is 4.07. The summed E-state index contributed by atoms with van der Waals surface area (Å²) in [6, 6.07) is 6.46. The van der Waals surface area contributed by atoms with Crippen LogP contribution in [0.25, 0.3) is 0 Å². The van der Waals surface area contributed by atoms with Crippen molar-refractivity contribution in [3.8, 4) is 0 Å². The number of rotatable bonds is 4. The van der Waals surface area contributed by atoms with Crippen LogP contribution in [0, 0.1) is 25.7 Å². The first-order valence-corrected chi connectivity index (χ1v) is 7.90. The van der Waals surface area contributed by atoms with Crippen LogP contribution in [-0.2, 0) is 4.74 Å². The van der Waals surface area contributed by atoms with Crippen LogP contribution in [0.1, 0.15) is 55.8 Å². The number of ether oxygens (including phenoxy) is 1. The molecule has 2 nitrogen and oxygen atoms in total. The van der Waals surface area contributed by atoms with Gasteiger partial charge in [-0.2, -0.15) is 0 Å². The summed E-state index contributed by atoms with van der Waals surface area (Å²) >= 11 is 0. The van der Waals surface area contributed by atoms with Crippen molar-refractivity contribution in [2.45, 2.75) is 59.1 Å². The van der Waals surface area contributed by atoms with Gasteiger partial charge in [-0.15, -0.1) is 0 Å². The number of hydrogen-bond acceptors (Lipinski definition) is 2. The Morgan fingerprint density at radius 2 is 1.80 bits per heavy atom. The molecule has 2 rings (SSSR count). The maximum atomic E-state index is 6.33. The molecule has 1 aromatic rings. The second-order valence-corrected chi connectivity index (χ2v) is 6.84. The maximum Gasteiger partial charge on any atom is 0.0663 e. The van der Waals surface area contributed by atoms with E-state index < -0.39 is 0 Å². The topological polar surface area (TPSA) is 35.2 Å². The number of aryl methyl sites for hydroxylation is 2. The van der Waals surface area contributed by atoms with E-state index in [9.17, 15) is 0 Å². The summed E-state index contributed by atoms with van der Waals surface area (Å²) in [5, 5.41) is 0. The van der Waals surface area contributed by atoms with Gasteiger partial charge in [0.1, 0.15) is 0 Å². The van der Waals surface area contributed by atoms with Gasteiger partial charge in [0.15, 0.2) is 0 Å². The summed E-state index contributed by atoms with van der Waals surface area (Å²) in [5.74, 6) is 1.56. The first-order chi connectivity index (χ1) is 9.45. The zero-order valence-corrected chi connectivity index (χ0v) is 13.4. The summed E-state index contributed by atoms with van der Waals surface area (Å²) in [7, 11) is 0. The molecule has 1 aliphatic carbocycles. The van der Waals surface area contributed by atoms with E-state index in [0.29, 0.717) is 12.7 Å². The van der Waals surface area contributed by atoms with E-state index in [1.165, 1.54) is 36.0 Å². The lowest BCUT2D eigenvalue weighted by Gasteiger charge is -2.32. The minimum absolute atomic E-state index is 0.0116. The summed E-state index contributed by atoms with van der Waals surface area (Å²) in [5.41, 5.74) is 10.1. The van der Waals surface area contributed by atoms with Crippen LogP contribution in [0.15, 0.2) is 18.2 Å². The normalized spacial score (nSPS) is 28.4. The van der Waals surface area contributed by atoms with Crippen LogP contribution in [-0.4, -0.2) is 12.7 Å². The third-order valence-corrected chi connectivity index (χ3v) is 4.48. The third-order valence-electron chi connectivity index (χ3n) is 4.48. The standard InChI is InChI=1S/C18H29NO/c1-12-5-6-15(4)17(10-12)18(19)11-20-16-8-13(2)7-14(3)9-16/h5-6,10,13-14,16,18H,7-9,11,19H2,1-4H3. The van der Waals surface area contributed by atoms with E-state index in [2.05, 4.69) is 45.9 Å². The van der Waals surface area contributed by atoms with Crippen LogP contribution < -0.4 is 5.73 Å². The van der Waals surface area contributed by atoms with Crippen molar-refractivity contribution in [1.82, 2.24) is 0 Å². The predicted molar refractivity (Wildman–Crippen MR) is 84.8 cm³/mol. The largest absolute Gasteiger partial charge is 0.376 e. The predicted octanol–water partition coefficient (Wildman–Crippen LogP) is 4.14. The molecule has 0 radical (unpaired) electrons. The lowest BCUT2D eigenvalue weighted by molar-refractivity contribution is -0.00533. The molecule has 1 aliphatic rings. The van der Waals surface area contributed by atoms with E-state index in [1.54, 1.807) is 0 Å². The Hall–Kier alpha value is -0.860. The fourth-order valence-corrected chi connectivity index (χ4v) is 3.50. The first kappa shape index (κ1) is 15.5. The van der Waals surface area contributed by atoms with Crippen molar-refractivity contribution in [1.29, 1.82) is 0 Å². The van der Waals surface area contributed by atoms with E-state index in [4.69, 9.17) is 10.5 Å². The lowest BCUT2D eigenvalue weighted by Crippen LogP contribution is -2.29. The summed E-state index contributed by atoms with van der Waals surface area (Å²) in [4.78, 5) is 0. The van der Waals surface area contributed by atoms with Gasteiger partial charge >= 0.3 is 0 Å². The molecule has 2 N–H and O–H groups in total. The van der Waals surface area contributed by atoms with Gasteiger partial charge in [-0.1, -0.05) is 37.6 Å². The van der Waals surface area contributed by atoms with E-state index in [-0.39, 0.29) is 6.04 Å². The molecule has 112 valence electrons. The van der Waals surface area contributed by atoms with E-state index in [0.717, 1.165) is 11.8 Å². The zero-order chi connectivity index (χ0) is 14.7.